The molecule has 0 radical (unpaired) electrons. The highest BCUT2D eigenvalue weighted by Crippen LogP contribution is 2.28. The normalized spacial score (nSPS) is 11.1. The van der Waals surface area contributed by atoms with E-state index in [1.54, 1.807) is 0 Å². The number of benzene rings is 3. The smallest absolute Gasteiger partial charge is 0.308 e. The van der Waals surface area contributed by atoms with Crippen LogP contribution in [0.25, 0.3) is 21.5 Å². The molecule has 0 spiro atoms. The largest absolute Gasteiger partial charge is 0.490 e. The van der Waals surface area contributed by atoms with Gasteiger partial charge < -0.3 is 9.47 Å². The summed E-state index contributed by atoms with van der Waals surface area (Å²) >= 11 is 0. The minimum absolute atomic E-state index is 0.107. The van der Waals surface area contributed by atoms with Crippen LogP contribution in [0.15, 0.2) is 54.6 Å². The highest BCUT2D eigenvalue weighted by atomic mass is 16.6. The van der Waals surface area contributed by atoms with Gasteiger partial charge >= 0.3 is 5.97 Å². The molecule has 0 N–H and O–H groups in total. The molecule has 0 saturated heterocycles. The Morgan fingerprint density at radius 3 is 2.48 bits per heavy atom. The summed E-state index contributed by atoms with van der Waals surface area (Å²) in [5.74, 6) is 0.482. The maximum Gasteiger partial charge on any atom is 0.308 e. The van der Waals surface area contributed by atoms with E-state index in [1.807, 2.05) is 32.0 Å². The SMILES string of the molecule is CC(C)C(=O)OCCOc1ccc2c(ccc3ccccc32)c1. The zero-order valence-corrected chi connectivity index (χ0v) is 13.4. The zero-order valence-electron chi connectivity index (χ0n) is 13.4. The number of esters is 1. The minimum Gasteiger partial charge on any atom is -0.490 e. The number of carbonyl (C=O) groups excluding carboxylic acids is 1. The standard InChI is InChI=1S/C20H20O3/c1-14(2)20(21)23-12-11-22-17-9-10-19-16(13-17)8-7-15-5-3-4-6-18(15)19/h3-10,13-14H,11-12H2,1-2H3. The van der Waals surface area contributed by atoms with Gasteiger partial charge in [0.05, 0.1) is 5.92 Å². The average Bonchev–Trinajstić information content (AvgIpc) is 2.58. The van der Waals surface area contributed by atoms with Crippen LogP contribution < -0.4 is 4.74 Å². The Morgan fingerprint density at radius 1 is 0.913 bits per heavy atom. The highest BCUT2D eigenvalue weighted by Gasteiger charge is 2.07. The molecule has 0 unspecified atom stereocenters. The molecule has 0 amide bonds. The number of hydrogen-bond acceptors (Lipinski definition) is 3. The first-order valence-electron chi connectivity index (χ1n) is 7.86. The number of hydrogen-bond donors (Lipinski definition) is 0. The van der Waals surface area contributed by atoms with Crippen molar-refractivity contribution in [1.82, 2.24) is 0 Å². The summed E-state index contributed by atoms with van der Waals surface area (Å²) in [5.41, 5.74) is 0. The zero-order chi connectivity index (χ0) is 16.2. The fraction of sp³-hybridized carbons (Fsp3) is 0.250. The van der Waals surface area contributed by atoms with Gasteiger partial charge in [0, 0.05) is 0 Å². The fourth-order valence-electron chi connectivity index (χ4n) is 2.55. The van der Waals surface area contributed by atoms with Crippen LogP contribution in [0.5, 0.6) is 5.75 Å². The first kappa shape index (κ1) is 15.3. The van der Waals surface area contributed by atoms with Crippen LogP contribution in [0.3, 0.4) is 0 Å². The summed E-state index contributed by atoms with van der Waals surface area (Å²) in [6.07, 6.45) is 0. The van der Waals surface area contributed by atoms with Gasteiger partial charge in [0.25, 0.3) is 0 Å². The maximum absolute atomic E-state index is 11.4. The first-order valence-corrected chi connectivity index (χ1v) is 7.86. The molecule has 23 heavy (non-hydrogen) atoms. The molecule has 118 valence electrons. The number of ether oxygens (including phenoxy) is 2. The van der Waals surface area contributed by atoms with Gasteiger partial charge in [0.1, 0.15) is 19.0 Å². The molecule has 3 aromatic carbocycles. The van der Waals surface area contributed by atoms with Crippen molar-refractivity contribution < 1.29 is 14.3 Å². The molecule has 0 aliphatic rings. The minimum atomic E-state index is -0.196. The van der Waals surface area contributed by atoms with Crippen LogP contribution in [-0.2, 0) is 9.53 Å². The molecule has 0 aliphatic carbocycles. The van der Waals surface area contributed by atoms with Gasteiger partial charge in [-0.1, -0.05) is 56.3 Å². The van der Waals surface area contributed by atoms with E-state index in [4.69, 9.17) is 9.47 Å². The lowest BCUT2D eigenvalue weighted by Crippen LogP contribution is -2.16. The van der Waals surface area contributed by atoms with Gasteiger partial charge in [0.2, 0.25) is 0 Å². The van der Waals surface area contributed by atoms with Gasteiger partial charge in [-0.2, -0.15) is 0 Å². The monoisotopic (exact) mass is 308 g/mol. The second-order valence-electron chi connectivity index (χ2n) is 5.84. The summed E-state index contributed by atoms with van der Waals surface area (Å²) < 4.78 is 10.8. The van der Waals surface area contributed by atoms with E-state index in [0.29, 0.717) is 6.61 Å². The predicted molar refractivity (Wildman–Crippen MR) is 92.7 cm³/mol. The van der Waals surface area contributed by atoms with Crippen molar-refractivity contribution in [3.8, 4) is 5.75 Å². The van der Waals surface area contributed by atoms with Crippen molar-refractivity contribution in [3.63, 3.8) is 0 Å². The molecular weight excluding hydrogens is 288 g/mol. The van der Waals surface area contributed by atoms with E-state index in [0.717, 1.165) is 11.1 Å². The lowest BCUT2D eigenvalue weighted by molar-refractivity contribution is -0.148. The maximum atomic E-state index is 11.4. The Kier molecular flexibility index (Phi) is 4.47. The first-order chi connectivity index (χ1) is 11.1. The molecule has 3 aromatic rings. The predicted octanol–water partition coefficient (Wildman–Crippen LogP) is 4.57. The van der Waals surface area contributed by atoms with Crippen LogP contribution >= 0.6 is 0 Å². The Morgan fingerprint density at radius 2 is 1.65 bits per heavy atom. The van der Waals surface area contributed by atoms with Crippen molar-refractivity contribution >= 4 is 27.5 Å². The Hall–Kier alpha value is -2.55. The Bertz CT molecular complexity index is 837. The van der Waals surface area contributed by atoms with Gasteiger partial charge in [-0.3, -0.25) is 4.79 Å². The molecule has 3 rings (SSSR count). The van der Waals surface area contributed by atoms with Crippen molar-refractivity contribution in [2.45, 2.75) is 13.8 Å². The molecule has 0 atom stereocenters. The van der Waals surface area contributed by atoms with Gasteiger partial charge in [0.15, 0.2) is 0 Å². The van der Waals surface area contributed by atoms with Crippen molar-refractivity contribution in [2.75, 3.05) is 13.2 Å². The van der Waals surface area contributed by atoms with Gasteiger partial charge in [-0.15, -0.1) is 0 Å². The number of carbonyl (C=O) groups is 1. The molecule has 0 bridgehead atoms. The molecule has 3 nitrogen and oxygen atoms in total. The third-order valence-corrected chi connectivity index (χ3v) is 3.78. The van der Waals surface area contributed by atoms with Crippen molar-refractivity contribution in [2.24, 2.45) is 5.92 Å². The topological polar surface area (TPSA) is 35.5 Å². The van der Waals surface area contributed by atoms with Crippen molar-refractivity contribution in [3.05, 3.63) is 54.6 Å². The Labute approximate surface area is 135 Å². The van der Waals surface area contributed by atoms with Crippen LogP contribution in [0.4, 0.5) is 0 Å². The number of fused-ring (bicyclic) bond motifs is 3. The summed E-state index contributed by atoms with van der Waals surface area (Å²) in [5, 5.41) is 4.82. The fourth-order valence-corrected chi connectivity index (χ4v) is 2.55. The molecule has 0 aliphatic heterocycles. The lowest BCUT2D eigenvalue weighted by Gasteiger charge is -2.10. The van der Waals surface area contributed by atoms with E-state index in [2.05, 4.69) is 36.4 Å². The average molecular weight is 308 g/mol. The third-order valence-electron chi connectivity index (χ3n) is 3.78. The quantitative estimate of drug-likeness (QED) is 0.393. The van der Waals surface area contributed by atoms with Crippen molar-refractivity contribution in [1.29, 1.82) is 0 Å². The second kappa shape index (κ2) is 6.69. The van der Waals surface area contributed by atoms with E-state index in [9.17, 15) is 4.79 Å². The lowest BCUT2D eigenvalue weighted by atomic mass is 10.0. The van der Waals surface area contributed by atoms with Crippen LogP contribution in [0, 0.1) is 5.92 Å². The van der Waals surface area contributed by atoms with E-state index >= 15 is 0 Å². The van der Waals surface area contributed by atoms with Crippen LogP contribution in [0.2, 0.25) is 0 Å². The van der Waals surface area contributed by atoms with Crippen LogP contribution in [-0.4, -0.2) is 19.2 Å². The molecule has 0 saturated carbocycles. The third kappa shape index (κ3) is 3.45. The van der Waals surface area contributed by atoms with E-state index in [-0.39, 0.29) is 18.5 Å². The van der Waals surface area contributed by atoms with Gasteiger partial charge in [-0.25, -0.2) is 0 Å². The summed E-state index contributed by atoms with van der Waals surface area (Å²) in [6, 6.07) is 18.6. The van der Waals surface area contributed by atoms with Gasteiger partial charge in [-0.05, 0) is 33.7 Å². The van der Waals surface area contributed by atoms with E-state index in [1.165, 1.54) is 16.2 Å². The highest BCUT2D eigenvalue weighted by molar-refractivity contribution is 6.07. The molecule has 0 heterocycles. The molecule has 0 fully saturated rings. The summed E-state index contributed by atoms with van der Waals surface area (Å²) in [6.45, 7) is 4.26. The van der Waals surface area contributed by atoms with E-state index < -0.39 is 0 Å². The summed E-state index contributed by atoms with van der Waals surface area (Å²) in [4.78, 5) is 11.4. The Balaban J connectivity index is 1.71. The molecule has 0 aromatic heterocycles. The molecular formula is C20H20O3. The number of rotatable bonds is 5. The second-order valence-corrected chi connectivity index (χ2v) is 5.84. The molecule has 3 heteroatoms. The summed E-state index contributed by atoms with van der Waals surface area (Å²) in [7, 11) is 0. The van der Waals surface area contributed by atoms with Crippen LogP contribution in [0.1, 0.15) is 13.8 Å².